The highest BCUT2D eigenvalue weighted by atomic mass is 79.9. The Balaban J connectivity index is 1.98. The predicted octanol–water partition coefficient (Wildman–Crippen LogP) is 3.87. The van der Waals surface area contributed by atoms with Gasteiger partial charge in [-0.3, -0.25) is 4.79 Å². The molecule has 0 amide bonds. The Bertz CT molecular complexity index is 1180. The maximum Gasteiger partial charge on any atom is 0.324 e. The van der Waals surface area contributed by atoms with Gasteiger partial charge in [0.2, 0.25) is 10.0 Å². The molecule has 0 unspecified atom stereocenters. The number of esters is 1. The van der Waals surface area contributed by atoms with Crippen molar-refractivity contribution in [3.63, 3.8) is 0 Å². The number of aromatic nitrogens is 3. The Morgan fingerprint density at radius 2 is 1.79 bits per heavy atom. The number of ether oxygens (including phenoxy) is 1. The third-order valence-electron chi connectivity index (χ3n) is 5.03. The van der Waals surface area contributed by atoms with Gasteiger partial charge in [-0.15, -0.1) is 5.10 Å². The zero-order chi connectivity index (χ0) is 24.0. The van der Waals surface area contributed by atoms with Crippen LogP contribution in [0.5, 0.6) is 0 Å². The lowest BCUT2D eigenvalue weighted by Gasteiger charge is -2.29. The van der Waals surface area contributed by atoms with Crippen LogP contribution in [-0.4, -0.2) is 46.8 Å². The van der Waals surface area contributed by atoms with Crippen molar-refractivity contribution in [3.05, 3.63) is 76.5 Å². The molecule has 10 heteroatoms. The molecule has 0 spiro atoms. The van der Waals surface area contributed by atoms with Crippen LogP contribution in [0.1, 0.15) is 31.5 Å². The molecule has 0 radical (unpaired) electrons. The average molecular weight is 535 g/mol. The summed E-state index contributed by atoms with van der Waals surface area (Å²) in [6.45, 7) is 4.23. The summed E-state index contributed by atoms with van der Waals surface area (Å²) in [7, 11) is -2.81. The smallest absolute Gasteiger partial charge is 0.324 e. The van der Waals surface area contributed by atoms with Gasteiger partial charge in [-0.1, -0.05) is 61.5 Å². The van der Waals surface area contributed by atoms with Crippen LogP contribution in [0.3, 0.4) is 0 Å². The van der Waals surface area contributed by atoms with Crippen molar-refractivity contribution < 1.29 is 17.9 Å². The number of methoxy groups -OCH3 is 1. The van der Waals surface area contributed by atoms with E-state index < -0.39 is 22.0 Å². The molecule has 2 aromatic carbocycles. The Hall–Kier alpha value is -2.56. The summed E-state index contributed by atoms with van der Waals surface area (Å²) in [6, 6.07) is 15.3. The van der Waals surface area contributed by atoms with Gasteiger partial charge in [0.25, 0.3) is 0 Å². The summed E-state index contributed by atoms with van der Waals surface area (Å²) >= 11 is 3.33. The quantitative estimate of drug-likeness (QED) is 0.366. The molecule has 8 nitrogen and oxygen atoms in total. The van der Waals surface area contributed by atoms with E-state index in [4.69, 9.17) is 4.74 Å². The summed E-state index contributed by atoms with van der Waals surface area (Å²) < 4.78 is 35.7. The summed E-state index contributed by atoms with van der Waals surface area (Å²) in [5.41, 5.74) is 1.47. The summed E-state index contributed by atoms with van der Waals surface area (Å²) in [6.07, 6.45) is 1.99. The van der Waals surface area contributed by atoms with E-state index in [0.717, 1.165) is 9.87 Å². The van der Waals surface area contributed by atoms with Crippen LogP contribution in [0.4, 0.5) is 0 Å². The average Bonchev–Trinajstić information content (AvgIpc) is 3.23. The zero-order valence-electron chi connectivity index (χ0n) is 18.8. The number of hydrogen-bond acceptors (Lipinski definition) is 6. The first-order valence-electron chi connectivity index (χ1n) is 10.5. The third kappa shape index (κ3) is 6.27. The topological polar surface area (TPSA) is 94.4 Å². The maximum absolute atomic E-state index is 13.7. The minimum Gasteiger partial charge on any atom is -0.468 e. The van der Waals surface area contributed by atoms with Gasteiger partial charge in [0.05, 0.1) is 37.0 Å². The summed E-state index contributed by atoms with van der Waals surface area (Å²) in [5, 5.41) is 8.31. The molecule has 0 saturated carbocycles. The van der Waals surface area contributed by atoms with Crippen molar-refractivity contribution in [2.45, 2.75) is 44.3 Å². The van der Waals surface area contributed by atoms with Gasteiger partial charge in [0, 0.05) is 4.47 Å². The molecule has 1 atom stereocenters. The van der Waals surface area contributed by atoms with Gasteiger partial charge in [0.15, 0.2) is 0 Å². The van der Waals surface area contributed by atoms with Crippen molar-refractivity contribution in [2.24, 2.45) is 5.92 Å². The minimum absolute atomic E-state index is 0.0553. The first-order valence-corrected chi connectivity index (χ1v) is 12.7. The van der Waals surface area contributed by atoms with E-state index in [2.05, 4.69) is 26.2 Å². The fraction of sp³-hybridized carbons (Fsp3) is 0.348. The SMILES string of the molecule is COC(=O)[C@H](CC(C)C)N(Cc1cn(Cc2ccccc2)nn1)S(=O)(=O)c1ccccc1Br. The van der Waals surface area contributed by atoms with Crippen molar-refractivity contribution in [2.75, 3.05) is 7.11 Å². The number of rotatable bonds is 10. The highest BCUT2D eigenvalue weighted by Gasteiger charge is 2.38. The van der Waals surface area contributed by atoms with E-state index >= 15 is 0 Å². The lowest BCUT2D eigenvalue weighted by molar-refractivity contribution is -0.145. The zero-order valence-corrected chi connectivity index (χ0v) is 21.2. The minimum atomic E-state index is -4.07. The van der Waals surface area contributed by atoms with Gasteiger partial charge in [-0.05, 0) is 46.0 Å². The number of halogens is 1. The van der Waals surface area contributed by atoms with E-state index in [-0.39, 0.29) is 17.4 Å². The standard InChI is InChI=1S/C23H27BrN4O4S/c1-17(2)13-21(23(29)32-3)28(33(30,31)22-12-8-7-11-20(22)24)16-19-15-27(26-25-19)14-18-9-5-4-6-10-18/h4-12,15,17,21H,13-14,16H2,1-3H3/t21-/m0/s1. The van der Waals surface area contributed by atoms with Crippen LogP contribution >= 0.6 is 15.9 Å². The molecule has 0 saturated heterocycles. The van der Waals surface area contributed by atoms with Gasteiger partial charge in [-0.25, -0.2) is 13.1 Å². The second kappa shape index (κ2) is 11.0. The fourth-order valence-electron chi connectivity index (χ4n) is 3.48. The molecule has 0 N–H and O–H groups in total. The second-order valence-electron chi connectivity index (χ2n) is 8.04. The van der Waals surface area contributed by atoms with Crippen molar-refractivity contribution >= 4 is 31.9 Å². The van der Waals surface area contributed by atoms with Crippen LogP contribution in [0.15, 0.2) is 70.2 Å². The van der Waals surface area contributed by atoms with Crippen molar-refractivity contribution in [1.82, 2.24) is 19.3 Å². The molecule has 0 aliphatic rings. The van der Waals surface area contributed by atoms with Crippen LogP contribution in [-0.2, 0) is 32.6 Å². The van der Waals surface area contributed by atoms with Crippen LogP contribution in [0.2, 0.25) is 0 Å². The molecule has 0 bridgehead atoms. The highest BCUT2D eigenvalue weighted by molar-refractivity contribution is 9.10. The summed E-state index contributed by atoms with van der Waals surface area (Å²) in [4.78, 5) is 12.8. The van der Waals surface area contributed by atoms with Gasteiger partial charge in [-0.2, -0.15) is 4.31 Å². The first kappa shape index (κ1) is 25.1. The number of nitrogens with zero attached hydrogens (tertiary/aromatic N) is 4. The largest absolute Gasteiger partial charge is 0.468 e. The summed E-state index contributed by atoms with van der Waals surface area (Å²) in [5.74, 6) is -0.559. The van der Waals surface area contributed by atoms with Gasteiger partial charge < -0.3 is 4.74 Å². The molecule has 0 aliphatic carbocycles. The maximum atomic E-state index is 13.7. The molecule has 33 heavy (non-hydrogen) atoms. The molecule has 176 valence electrons. The van der Waals surface area contributed by atoms with Crippen molar-refractivity contribution in [1.29, 1.82) is 0 Å². The number of sulfonamides is 1. The van der Waals surface area contributed by atoms with Gasteiger partial charge in [0.1, 0.15) is 6.04 Å². The molecule has 3 aromatic rings. The predicted molar refractivity (Wildman–Crippen MR) is 128 cm³/mol. The lowest BCUT2D eigenvalue weighted by atomic mass is 10.0. The highest BCUT2D eigenvalue weighted by Crippen LogP contribution is 2.29. The Morgan fingerprint density at radius 1 is 1.12 bits per heavy atom. The van der Waals surface area contributed by atoms with Gasteiger partial charge >= 0.3 is 5.97 Å². The third-order valence-corrected chi connectivity index (χ3v) is 7.90. The molecule has 1 heterocycles. The van der Waals surface area contributed by atoms with E-state index in [1.807, 2.05) is 44.2 Å². The monoisotopic (exact) mass is 534 g/mol. The van der Waals surface area contributed by atoms with Crippen LogP contribution in [0, 0.1) is 5.92 Å². The number of carbonyl (C=O) groups is 1. The van der Waals surface area contributed by atoms with E-state index in [9.17, 15) is 13.2 Å². The lowest BCUT2D eigenvalue weighted by Crippen LogP contribution is -2.46. The fourth-order valence-corrected chi connectivity index (χ4v) is 6.00. The van der Waals surface area contributed by atoms with E-state index in [1.165, 1.54) is 13.2 Å². The Labute approximate surface area is 202 Å². The molecule has 3 rings (SSSR count). The van der Waals surface area contributed by atoms with E-state index in [0.29, 0.717) is 23.1 Å². The Morgan fingerprint density at radius 3 is 2.42 bits per heavy atom. The number of carbonyl (C=O) groups excluding carboxylic acids is 1. The Kier molecular flexibility index (Phi) is 8.39. The second-order valence-corrected chi connectivity index (χ2v) is 10.8. The van der Waals surface area contributed by atoms with E-state index in [1.54, 1.807) is 29.1 Å². The number of benzene rings is 2. The van der Waals surface area contributed by atoms with Crippen LogP contribution in [0.25, 0.3) is 0 Å². The molecule has 0 fully saturated rings. The normalized spacial score (nSPS) is 12.8. The number of hydrogen-bond donors (Lipinski definition) is 0. The molecule has 0 aliphatic heterocycles. The first-order chi connectivity index (χ1) is 15.7. The molecular weight excluding hydrogens is 508 g/mol. The van der Waals surface area contributed by atoms with Crippen molar-refractivity contribution in [3.8, 4) is 0 Å². The molecule has 1 aromatic heterocycles. The van der Waals surface area contributed by atoms with Crippen LogP contribution < -0.4 is 0 Å². The molecular formula is C23H27BrN4O4S.